The predicted molar refractivity (Wildman–Crippen MR) is 78.1 cm³/mol. The Morgan fingerprint density at radius 2 is 2.15 bits per heavy atom. The van der Waals surface area contributed by atoms with E-state index in [-0.39, 0.29) is 12.5 Å². The number of unbranched alkanes of at least 4 members (excludes halogenated alkanes) is 2. The van der Waals surface area contributed by atoms with Crippen molar-refractivity contribution in [3.63, 3.8) is 0 Å². The van der Waals surface area contributed by atoms with Gasteiger partial charge in [-0.15, -0.1) is 0 Å². The summed E-state index contributed by atoms with van der Waals surface area (Å²) in [5.41, 5.74) is 1.46. The highest BCUT2D eigenvalue weighted by molar-refractivity contribution is 5.98. The number of aromatic amines is 1. The van der Waals surface area contributed by atoms with Gasteiger partial charge in [-0.2, -0.15) is 0 Å². The highest BCUT2D eigenvalue weighted by atomic mass is 16.5. The number of carbonyl (C=O) groups excluding carboxylic acids is 1. The van der Waals surface area contributed by atoms with Gasteiger partial charge in [0.2, 0.25) is 0 Å². The number of aliphatic hydroxyl groups is 1. The summed E-state index contributed by atoms with van der Waals surface area (Å²) in [6.45, 7) is 0.829. The molecule has 0 spiro atoms. The van der Waals surface area contributed by atoms with Gasteiger partial charge in [-0.3, -0.25) is 4.79 Å². The molecular weight excluding hydrogens is 256 g/mol. The number of aliphatic hydroxyl groups excluding tert-OH is 1. The predicted octanol–water partition coefficient (Wildman–Crippen LogP) is 2.07. The second-order valence-electron chi connectivity index (χ2n) is 4.68. The van der Waals surface area contributed by atoms with Crippen LogP contribution in [0.1, 0.15) is 29.8 Å². The Labute approximate surface area is 117 Å². The van der Waals surface area contributed by atoms with Crippen molar-refractivity contribution in [1.82, 2.24) is 10.3 Å². The third kappa shape index (κ3) is 3.51. The maximum absolute atomic E-state index is 12.0. The zero-order chi connectivity index (χ0) is 14.4. The average molecular weight is 276 g/mol. The van der Waals surface area contributed by atoms with E-state index >= 15 is 0 Å². The highest BCUT2D eigenvalue weighted by Gasteiger charge is 2.09. The molecule has 5 heteroatoms. The number of rotatable bonds is 7. The maximum atomic E-state index is 12.0. The first kappa shape index (κ1) is 14.4. The summed E-state index contributed by atoms with van der Waals surface area (Å²) in [6, 6.07) is 7.46. The number of carbonyl (C=O) groups is 1. The van der Waals surface area contributed by atoms with Crippen molar-refractivity contribution < 1.29 is 14.6 Å². The Morgan fingerprint density at radius 1 is 1.30 bits per heavy atom. The molecule has 2 aromatic rings. The summed E-state index contributed by atoms with van der Waals surface area (Å²) in [7, 11) is 1.62. The quantitative estimate of drug-likeness (QED) is 0.678. The number of fused-ring (bicyclic) bond motifs is 1. The summed E-state index contributed by atoms with van der Waals surface area (Å²) < 4.78 is 5.16. The Balaban J connectivity index is 1.96. The van der Waals surface area contributed by atoms with Crippen LogP contribution >= 0.6 is 0 Å². The number of H-pyrrole nitrogens is 1. The van der Waals surface area contributed by atoms with E-state index in [0.717, 1.165) is 35.9 Å². The molecule has 0 aliphatic carbocycles. The first-order chi connectivity index (χ1) is 9.74. The smallest absolute Gasteiger partial charge is 0.267 e. The van der Waals surface area contributed by atoms with E-state index in [9.17, 15) is 4.79 Å². The van der Waals surface area contributed by atoms with Crippen LogP contribution in [-0.2, 0) is 0 Å². The van der Waals surface area contributed by atoms with Gasteiger partial charge >= 0.3 is 0 Å². The van der Waals surface area contributed by atoms with E-state index in [0.29, 0.717) is 12.2 Å². The number of hydrogen-bond acceptors (Lipinski definition) is 3. The molecular formula is C15H20N2O3. The molecule has 1 aromatic carbocycles. The largest absolute Gasteiger partial charge is 0.497 e. The minimum absolute atomic E-state index is 0.107. The monoisotopic (exact) mass is 276 g/mol. The molecule has 1 heterocycles. The first-order valence-electron chi connectivity index (χ1n) is 6.80. The molecule has 0 radical (unpaired) electrons. The Kier molecular flexibility index (Phi) is 5.01. The summed E-state index contributed by atoms with van der Waals surface area (Å²) in [4.78, 5) is 15.1. The third-order valence-electron chi connectivity index (χ3n) is 3.19. The molecule has 108 valence electrons. The van der Waals surface area contributed by atoms with Gasteiger partial charge in [0.05, 0.1) is 7.11 Å². The van der Waals surface area contributed by atoms with E-state index in [1.165, 1.54) is 0 Å². The number of aromatic nitrogens is 1. The van der Waals surface area contributed by atoms with Crippen LogP contribution in [0.5, 0.6) is 5.75 Å². The molecule has 1 amide bonds. The van der Waals surface area contributed by atoms with Crippen LogP contribution in [0.15, 0.2) is 24.3 Å². The molecule has 0 fully saturated rings. The van der Waals surface area contributed by atoms with Gasteiger partial charge in [-0.25, -0.2) is 0 Å². The van der Waals surface area contributed by atoms with Crippen LogP contribution in [0.2, 0.25) is 0 Å². The third-order valence-corrected chi connectivity index (χ3v) is 3.19. The fraction of sp³-hybridized carbons (Fsp3) is 0.400. The molecule has 0 aliphatic heterocycles. The van der Waals surface area contributed by atoms with Gasteiger partial charge in [-0.05, 0) is 43.5 Å². The zero-order valence-electron chi connectivity index (χ0n) is 11.6. The molecule has 0 bridgehead atoms. The van der Waals surface area contributed by atoms with Crippen molar-refractivity contribution in [2.24, 2.45) is 0 Å². The first-order valence-corrected chi connectivity index (χ1v) is 6.80. The normalized spacial score (nSPS) is 10.7. The van der Waals surface area contributed by atoms with Crippen molar-refractivity contribution in [2.75, 3.05) is 20.3 Å². The second kappa shape index (κ2) is 6.96. The molecule has 0 saturated carbocycles. The van der Waals surface area contributed by atoms with Gasteiger partial charge in [0.15, 0.2) is 0 Å². The molecule has 1 aromatic heterocycles. The standard InChI is InChI=1S/C15H20N2O3/c1-20-12-5-6-13-11(9-12)10-14(17-13)15(19)16-7-3-2-4-8-18/h5-6,9-10,17-18H,2-4,7-8H2,1H3,(H,16,19). The van der Waals surface area contributed by atoms with Crippen molar-refractivity contribution in [3.8, 4) is 5.75 Å². The second-order valence-corrected chi connectivity index (χ2v) is 4.68. The molecule has 3 N–H and O–H groups in total. The average Bonchev–Trinajstić information content (AvgIpc) is 2.89. The molecule has 0 saturated heterocycles. The highest BCUT2D eigenvalue weighted by Crippen LogP contribution is 2.21. The molecule has 0 atom stereocenters. The minimum Gasteiger partial charge on any atom is -0.497 e. The number of benzene rings is 1. The maximum Gasteiger partial charge on any atom is 0.267 e. The Hall–Kier alpha value is -2.01. The number of amides is 1. The van der Waals surface area contributed by atoms with Crippen LogP contribution in [0.25, 0.3) is 10.9 Å². The molecule has 2 rings (SSSR count). The lowest BCUT2D eigenvalue weighted by Gasteiger charge is -2.02. The molecule has 20 heavy (non-hydrogen) atoms. The van der Waals surface area contributed by atoms with Crippen LogP contribution < -0.4 is 10.1 Å². The summed E-state index contributed by atoms with van der Waals surface area (Å²) >= 11 is 0. The van der Waals surface area contributed by atoms with E-state index in [2.05, 4.69) is 10.3 Å². The Morgan fingerprint density at radius 3 is 2.90 bits per heavy atom. The lowest BCUT2D eigenvalue weighted by molar-refractivity contribution is 0.0948. The van der Waals surface area contributed by atoms with Crippen LogP contribution in [0.3, 0.4) is 0 Å². The van der Waals surface area contributed by atoms with Crippen LogP contribution in [0.4, 0.5) is 0 Å². The van der Waals surface area contributed by atoms with Crippen molar-refractivity contribution in [2.45, 2.75) is 19.3 Å². The topological polar surface area (TPSA) is 74.4 Å². The molecule has 0 aliphatic rings. The summed E-state index contributed by atoms with van der Waals surface area (Å²) in [5, 5.41) is 12.5. The Bertz CT molecular complexity index is 578. The lowest BCUT2D eigenvalue weighted by atomic mass is 10.2. The SMILES string of the molecule is COc1ccc2[nH]c(C(=O)NCCCCCO)cc2c1. The zero-order valence-corrected chi connectivity index (χ0v) is 11.6. The van der Waals surface area contributed by atoms with Gasteiger partial charge in [0.1, 0.15) is 11.4 Å². The molecule has 5 nitrogen and oxygen atoms in total. The minimum atomic E-state index is -0.107. The van der Waals surface area contributed by atoms with Crippen molar-refractivity contribution in [1.29, 1.82) is 0 Å². The van der Waals surface area contributed by atoms with Gasteiger partial charge in [0.25, 0.3) is 5.91 Å². The summed E-state index contributed by atoms with van der Waals surface area (Å²) in [6.07, 6.45) is 2.57. The summed E-state index contributed by atoms with van der Waals surface area (Å²) in [5.74, 6) is 0.664. The molecule has 0 unspecified atom stereocenters. The number of ether oxygens (including phenoxy) is 1. The number of nitrogens with one attached hydrogen (secondary N) is 2. The van der Waals surface area contributed by atoms with E-state index in [1.807, 2.05) is 24.3 Å². The lowest BCUT2D eigenvalue weighted by Crippen LogP contribution is -2.24. The van der Waals surface area contributed by atoms with E-state index in [1.54, 1.807) is 7.11 Å². The van der Waals surface area contributed by atoms with E-state index < -0.39 is 0 Å². The van der Waals surface area contributed by atoms with Crippen molar-refractivity contribution in [3.05, 3.63) is 30.0 Å². The van der Waals surface area contributed by atoms with Gasteiger partial charge < -0.3 is 20.1 Å². The number of hydrogen-bond donors (Lipinski definition) is 3. The fourth-order valence-corrected chi connectivity index (χ4v) is 2.07. The number of methoxy groups -OCH3 is 1. The van der Waals surface area contributed by atoms with Gasteiger partial charge in [0, 0.05) is 24.1 Å². The van der Waals surface area contributed by atoms with Crippen LogP contribution in [-0.4, -0.2) is 36.3 Å². The van der Waals surface area contributed by atoms with Crippen LogP contribution in [0, 0.1) is 0 Å². The van der Waals surface area contributed by atoms with Gasteiger partial charge in [-0.1, -0.05) is 0 Å². The van der Waals surface area contributed by atoms with E-state index in [4.69, 9.17) is 9.84 Å². The fourth-order valence-electron chi connectivity index (χ4n) is 2.07. The van der Waals surface area contributed by atoms with Crippen molar-refractivity contribution >= 4 is 16.8 Å².